The Hall–Kier alpha value is -2.34. The van der Waals surface area contributed by atoms with Gasteiger partial charge in [0.1, 0.15) is 5.82 Å². The van der Waals surface area contributed by atoms with Gasteiger partial charge in [-0.2, -0.15) is 0 Å². The number of rotatable bonds is 6. The molecule has 0 saturated heterocycles. The molecule has 0 radical (unpaired) electrons. The lowest BCUT2D eigenvalue weighted by Crippen LogP contribution is -2.33. The minimum Gasteiger partial charge on any atom is -0.349 e. The molecule has 3 rings (SSSR count). The van der Waals surface area contributed by atoms with Crippen LogP contribution in [-0.2, 0) is 11.3 Å². The van der Waals surface area contributed by atoms with Crippen LogP contribution in [0.5, 0.6) is 0 Å². The maximum Gasteiger partial charge on any atom is 0.233 e. The van der Waals surface area contributed by atoms with Crippen molar-refractivity contribution in [3.05, 3.63) is 59.9 Å². The van der Waals surface area contributed by atoms with E-state index in [1.54, 1.807) is 12.1 Å². The summed E-state index contributed by atoms with van der Waals surface area (Å²) in [7, 11) is 0. The number of hydrogen-bond donors (Lipinski definition) is 1. The number of halogens is 1. The van der Waals surface area contributed by atoms with E-state index in [1.165, 1.54) is 23.9 Å². The van der Waals surface area contributed by atoms with Gasteiger partial charge in [0.05, 0.1) is 22.3 Å². The standard InChI is InChI=1S/C20H22FN3OS/c1-4-24-18-8-6-5-7-17(18)23-20(24)26-14(3)19(25)22-13(2)15-9-11-16(21)12-10-15/h5-14H,4H2,1-3H3,(H,22,25)/t13-,14+/m1/s1. The molecule has 3 aromatic rings. The van der Waals surface area contributed by atoms with Crippen molar-refractivity contribution >= 4 is 28.7 Å². The molecule has 0 unspecified atom stereocenters. The van der Waals surface area contributed by atoms with E-state index in [4.69, 9.17) is 0 Å². The van der Waals surface area contributed by atoms with Crippen LogP contribution in [0.3, 0.4) is 0 Å². The van der Waals surface area contributed by atoms with Crippen LogP contribution in [0.4, 0.5) is 4.39 Å². The minimum atomic E-state index is -0.292. The molecule has 1 aromatic heterocycles. The summed E-state index contributed by atoms with van der Waals surface area (Å²) in [4.78, 5) is 17.2. The van der Waals surface area contributed by atoms with Crippen molar-refractivity contribution in [2.45, 2.75) is 43.8 Å². The average molecular weight is 371 g/mol. The van der Waals surface area contributed by atoms with E-state index in [0.29, 0.717) is 0 Å². The van der Waals surface area contributed by atoms with Crippen LogP contribution in [-0.4, -0.2) is 20.7 Å². The highest BCUT2D eigenvalue weighted by Crippen LogP contribution is 2.27. The molecule has 0 aliphatic rings. The normalized spacial score (nSPS) is 13.5. The third kappa shape index (κ3) is 3.90. The van der Waals surface area contributed by atoms with E-state index in [-0.39, 0.29) is 23.0 Å². The molecule has 6 heteroatoms. The molecule has 26 heavy (non-hydrogen) atoms. The Morgan fingerprint density at radius 1 is 1.19 bits per heavy atom. The first kappa shape index (κ1) is 18.5. The summed E-state index contributed by atoms with van der Waals surface area (Å²) < 4.78 is 15.2. The Balaban J connectivity index is 1.70. The fraction of sp³-hybridized carbons (Fsp3) is 0.300. The predicted octanol–water partition coefficient (Wildman–Crippen LogP) is 4.55. The number of fused-ring (bicyclic) bond motifs is 1. The van der Waals surface area contributed by atoms with Gasteiger partial charge in [0.15, 0.2) is 5.16 Å². The predicted molar refractivity (Wildman–Crippen MR) is 104 cm³/mol. The average Bonchev–Trinajstić information content (AvgIpc) is 2.99. The second-order valence-corrected chi connectivity index (χ2v) is 7.48. The number of thioether (sulfide) groups is 1. The van der Waals surface area contributed by atoms with Crippen molar-refractivity contribution in [3.63, 3.8) is 0 Å². The molecule has 0 spiro atoms. The van der Waals surface area contributed by atoms with E-state index in [1.807, 2.05) is 38.1 Å². The molecule has 136 valence electrons. The minimum absolute atomic E-state index is 0.0680. The van der Waals surface area contributed by atoms with Gasteiger partial charge < -0.3 is 9.88 Å². The molecule has 2 atom stereocenters. The number of amides is 1. The highest BCUT2D eigenvalue weighted by atomic mass is 32.2. The van der Waals surface area contributed by atoms with Crippen molar-refractivity contribution in [1.29, 1.82) is 0 Å². The van der Waals surface area contributed by atoms with Crippen molar-refractivity contribution in [2.75, 3.05) is 0 Å². The van der Waals surface area contributed by atoms with Crippen LogP contribution in [0.15, 0.2) is 53.7 Å². The number of imidazole rings is 1. The number of nitrogens with zero attached hydrogens (tertiary/aromatic N) is 2. The van der Waals surface area contributed by atoms with Crippen molar-refractivity contribution in [2.24, 2.45) is 0 Å². The second kappa shape index (κ2) is 7.91. The molecule has 1 amide bonds. The van der Waals surface area contributed by atoms with Gasteiger partial charge in [0, 0.05) is 6.54 Å². The van der Waals surface area contributed by atoms with Crippen LogP contribution in [0.25, 0.3) is 11.0 Å². The Labute approximate surface area is 156 Å². The van der Waals surface area contributed by atoms with Gasteiger partial charge in [-0.25, -0.2) is 9.37 Å². The lowest BCUT2D eigenvalue weighted by molar-refractivity contribution is -0.120. The SMILES string of the molecule is CCn1c(S[C@@H](C)C(=O)N[C@H](C)c2ccc(F)cc2)nc2ccccc21. The third-order valence-corrected chi connectivity index (χ3v) is 5.41. The van der Waals surface area contributed by atoms with Gasteiger partial charge in [0.25, 0.3) is 0 Å². The van der Waals surface area contributed by atoms with Crippen LogP contribution in [0.1, 0.15) is 32.4 Å². The van der Waals surface area contributed by atoms with Crippen molar-refractivity contribution < 1.29 is 9.18 Å². The quantitative estimate of drug-likeness (QED) is 0.647. The number of para-hydroxylation sites is 2. The second-order valence-electron chi connectivity index (χ2n) is 6.17. The lowest BCUT2D eigenvalue weighted by atomic mass is 10.1. The largest absolute Gasteiger partial charge is 0.349 e. The number of carbonyl (C=O) groups excluding carboxylic acids is 1. The smallest absolute Gasteiger partial charge is 0.233 e. The number of hydrogen-bond acceptors (Lipinski definition) is 3. The number of benzene rings is 2. The summed E-state index contributed by atoms with van der Waals surface area (Å²) in [6.45, 7) is 6.63. The zero-order valence-electron chi connectivity index (χ0n) is 15.1. The molecular weight excluding hydrogens is 349 g/mol. The summed E-state index contributed by atoms with van der Waals surface area (Å²) in [5.41, 5.74) is 2.88. The molecule has 0 aliphatic carbocycles. The van der Waals surface area contributed by atoms with Gasteiger partial charge in [-0.15, -0.1) is 0 Å². The number of aromatic nitrogens is 2. The monoisotopic (exact) mass is 371 g/mol. The summed E-state index contributed by atoms with van der Waals surface area (Å²) in [6, 6.07) is 14.0. The van der Waals surface area contributed by atoms with Crippen LogP contribution < -0.4 is 5.32 Å². The number of carbonyl (C=O) groups is 1. The fourth-order valence-corrected chi connectivity index (χ4v) is 3.82. The summed E-state index contributed by atoms with van der Waals surface area (Å²) in [5, 5.41) is 3.53. The van der Waals surface area contributed by atoms with E-state index in [0.717, 1.165) is 28.3 Å². The topological polar surface area (TPSA) is 46.9 Å². The molecule has 2 aromatic carbocycles. The first-order chi connectivity index (χ1) is 12.5. The van der Waals surface area contributed by atoms with Gasteiger partial charge in [0.2, 0.25) is 5.91 Å². The van der Waals surface area contributed by atoms with Crippen LogP contribution in [0, 0.1) is 5.82 Å². The maximum atomic E-state index is 13.0. The summed E-state index contributed by atoms with van der Waals surface area (Å²) >= 11 is 1.45. The molecule has 1 heterocycles. The first-order valence-corrected chi connectivity index (χ1v) is 9.55. The highest BCUT2D eigenvalue weighted by Gasteiger charge is 2.20. The zero-order valence-corrected chi connectivity index (χ0v) is 15.9. The fourth-order valence-electron chi connectivity index (χ4n) is 2.83. The van der Waals surface area contributed by atoms with Crippen LogP contribution >= 0.6 is 11.8 Å². The first-order valence-electron chi connectivity index (χ1n) is 8.67. The number of nitrogens with one attached hydrogen (secondary N) is 1. The maximum absolute atomic E-state index is 13.0. The van der Waals surface area contributed by atoms with Gasteiger partial charge in [-0.3, -0.25) is 4.79 Å². The Morgan fingerprint density at radius 3 is 2.58 bits per heavy atom. The lowest BCUT2D eigenvalue weighted by Gasteiger charge is -2.18. The summed E-state index contributed by atoms with van der Waals surface area (Å²) in [5.74, 6) is -0.351. The summed E-state index contributed by atoms with van der Waals surface area (Å²) in [6.07, 6.45) is 0. The molecule has 0 bridgehead atoms. The van der Waals surface area contributed by atoms with E-state index < -0.39 is 0 Å². The Bertz CT molecular complexity index is 907. The van der Waals surface area contributed by atoms with Gasteiger partial charge in [-0.1, -0.05) is 36.0 Å². The molecular formula is C20H22FN3OS. The molecule has 0 saturated carbocycles. The molecule has 1 N–H and O–H groups in total. The van der Waals surface area contributed by atoms with E-state index in [9.17, 15) is 9.18 Å². The Morgan fingerprint density at radius 2 is 1.88 bits per heavy atom. The molecule has 0 fully saturated rings. The Kier molecular flexibility index (Phi) is 5.61. The highest BCUT2D eigenvalue weighted by molar-refractivity contribution is 8.00. The van der Waals surface area contributed by atoms with Crippen molar-refractivity contribution in [3.8, 4) is 0 Å². The third-order valence-electron chi connectivity index (χ3n) is 4.32. The molecule has 4 nitrogen and oxygen atoms in total. The van der Waals surface area contributed by atoms with Gasteiger partial charge >= 0.3 is 0 Å². The number of aryl methyl sites for hydroxylation is 1. The van der Waals surface area contributed by atoms with Crippen LogP contribution in [0.2, 0.25) is 0 Å². The van der Waals surface area contributed by atoms with Crippen molar-refractivity contribution in [1.82, 2.24) is 14.9 Å². The zero-order chi connectivity index (χ0) is 18.7. The van der Waals surface area contributed by atoms with E-state index in [2.05, 4.69) is 21.8 Å². The molecule has 0 aliphatic heterocycles. The van der Waals surface area contributed by atoms with E-state index >= 15 is 0 Å². The van der Waals surface area contributed by atoms with Gasteiger partial charge in [-0.05, 0) is 50.6 Å².